The molecule has 2 rings (SSSR count). The second-order valence-electron chi connectivity index (χ2n) is 4.60. The molecule has 1 amide bonds. The highest BCUT2D eigenvalue weighted by atomic mass is 16.5. The number of nitrogens with zero attached hydrogens (tertiary/aromatic N) is 3. The van der Waals surface area contributed by atoms with Crippen LogP contribution in [0.25, 0.3) is 0 Å². The molecule has 0 aromatic carbocycles. The predicted octanol–water partition coefficient (Wildman–Crippen LogP) is 0.948. The Balaban J connectivity index is 1.74. The molecule has 1 aliphatic heterocycles. The molecule has 1 atom stereocenters. The molecular formula is C12H19N3O3. The Morgan fingerprint density at radius 2 is 2.39 bits per heavy atom. The Kier molecular flexibility index (Phi) is 4.30. The second-order valence-corrected chi connectivity index (χ2v) is 4.60. The van der Waals surface area contributed by atoms with Gasteiger partial charge < -0.3 is 14.2 Å². The van der Waals surface area contributed by atoms with Crippen LogP contribution in [0.15, 0.2) is 4.52 Å². The van der Waals surface area contributed by atoms with Gasteiger partial charge in [0.15, 0.2) is 5.82 Å². The number of rotatable bonds is 4. The Labute approximate surface area is 106 Å². The molecule has 18 heavy (non-hydrogen) atoms. The van der Waals surface area contributed by atoms with Gasteiger partial charge in [-0.15, -0.1) is 0 Å². The molecule has 0 spiro atoms. The highest BCUT2D eigenvalue weighted by Crippen LogP contribution is 2.10. The van der Waals surface area contributed by atoms with E-state index in [0.29, 0.717) is 44.3 Å². The lowest BCUT2D eigenvalue weighted by Gasteiger charge is -2.33. The molecule has 0 bridgehead atoms. The summed E-state index contributed by atoms with van der Waals surface area (Å²) >= 11 is 0. The van der Waals surface area contributed by atoms with Crippen molar-refractivity contribution in [3.05, 3.63) is 11.7 Å². The van der Waals surface area contributed by atoms with Crippen molar-refractivity contribution in [3.63, 3.8) is 0 Å². The minimum absolute atomic E-state index is 0.178. The topological polar surface area (TPSA) is 68.5 Å². The number of aromatic nitrogens is 2. The molecule has 100 valence electrons. The molecule has 1 saturated heterocycles. The van der Waals surface area contributed by atoms with Crippen LogP contribution in [-0.2, 0) is 16.0 Å². The summed E-state index contributed by atoms with van der Waals surface area (Å²) in [6.45, 7) is 5.76. The fourth-order valence-corrected chi connectivity index (χ4v) is 2.07. The molecule has 0 radical (unpaired) electrons. The van der Waals surface area contributed by atoms with Gasteiger partial charge in [0.25, 0.3) is 0 Å². The smallest absolute Gasteiger partial charge is 0.226 e. The van der Waals surface area contributed by atoms with E-state index in [1.165, 1.54) is 0 Å². The first-order chi connectivity index (χ1) is 8.66. The van der Waals surface area contributed by atoms with Gasteiger partial charge in [0, 0.05) is 19.4 Å². The molecule has 0 N–H and O–H groups in total. The van der Waals surface area contributed by atoms with Gasteiger partial charge in [-0.25, -0.2) is 0 Å². The van der Waals surface area contributed by atoms with Gasteiger partial charge in [-0.05, 0) is 20.3 Å². The van der Waals surface area contributed by atoms with E-state index in [1.807, 2.05) is 11.8 Å². The second kappa shape index (κ2) is 5.95. The first-order valence-corrected chi connectivity index (χ1v) is 6.33. The molecule has 0 unspecified atom stereocenters. The van der Waals surface area contributed by atoms with Gasteiger partial charge in [0.1, 0.15) is 0 Å². The number of morpholine rings is 1. The maximum Gasteiger partial charge on any atom is 0.226 e. The van der Waals surface area contributed by atoms with E-state index in [9.17, 15) is 4.79 Å². The number of carbonyl (C=O) groups is 1. The molecular weight excluding hydrogens is 234 g/mol. The minimum atomic E-state index is 0.178. The van der Waals surface area contributed by atoms with Crippen LogP contribution in [0.5, 0.6) is 0 Å². The van der Waals surface area contributed by atoms with E-state index in [1.54, 1.807) is 6.92 Å². The summed E-state index contributed by atoms with van der Waals surface area (Å²) in [5.74, 6) is 1.43. The molecule has 1 aliphatic rings. The summed E-state index contributed by atoms with van der Waals surface area (Å²) in [6.07, 6.45) is 1.92. The molecule has 0 aliphatic carbocycles. The summed E-state index contributed by atoms with van der Waals surface area (Å²) in [5.41, 5.74) is 0. The first-order valence-electron chi connectivity index (χ1n) is 6.33. The van der Waals surface area contributed by atoms with E-state index in [-0.39, 0.29) is 11.9 Å². The Bertz CT molecular complexity index is 405. The number of hydrogen-bond donors (Lipinski definition) is 0. The Hall–Kier alpha value is -1.43. The van der Waals surface area contributed by atoms with E-state index in [2.05, 4.69) is 10.1 Å². The summed E-state index contributed by atoms with van der Waals surface area (Å²) in [5, 5.41) is 3.72. The van der Waals surface area contributed by atoms with Crippen LogP contribution in [0, 0.1) is 6.92 Å². The molecule has 1 aromatic heterocycles. The lowest BCUT2D eigenvalue weighted by Crippen LogP contribution is -2.47. The van der Waals surface area contributed by atoms with Gasteiger partial charge in [-0.3, -0.25) is 4.79 Å². The zero-order valence-corrected chi connectivity index (χ0v) is 10.9. The van der Waals surface area contributed by atoms with Crippen molar-refractivity contribution >= 4 is 5.91 Å². The maximum absolute atomic E-state index is 12.0. The zero-order chi connectivity index (χ0) is 13.0. The van der Waals surface area contributed by atoms with E-state index < -0.39 is 0 Å². The average molecular weight is 253 g/mol. The van der Waals surface area contributed by atoms with Crippen LogP contribution < -0.4 is 0 Å². The van der Waals surface area contributed by atoms with Gasteiger partial charge >= 0.3 is 0 Å². The van der Waals surface area contributed by atoms with Crippen LogP contribution in [0.1, 0.15) is 31.5 Å². The van der Waals surface area contributed by atoms with Gasteiger partial charge in [-0.1, -0.05) is 5.16 Å². The van der Waals surface area contributed by atoms with E-state index in [0.717, 1.165) is 6.42 Å². The molecule has 1 fully saturated rings. The number of aryl methyl sites for hydroxylation is 2. The number of amides is 1. The van der Waals surface area contributed by atoms with Crippen LogP contribution in [-0.4, -0.2) is 46.7 Å². The fraction of sp³-hybridized carbons (Fsp3) is 0.750. The molecule has 0 saturated carbocycles. The van der Waals surface area contributed by atoms with Crippen LogP contribution in [0.4, 0.5) is 0 Å². The van der Waals surface area contributed by atoms with Gasteiger partial charge in [-0.2, -0.15) is 4.98 Å². The molecule has 6 nitrogen and oxygen atoms in total. The highest BCUT2D eigenvalue weighted by Gasteiger charge is 2.23. The summed E-state index contributed by atoms with van der Waals surface area (Å²) < 4.78 is 10.3. The molecule has 2 heterocycles. The van der Waals surface area contributed by atoms with Crippen molar-refractivity contribution in [3.8, 4) is 0 Å². The lowest BCUT2D eigenvalue weighted by atomic mass is 10.2. The number of carbonyl (C=O) groups excluding carboxylic acids is 1. The minimum Gasteiger partial charge on any atom is -0.377 e. The standard InChI is InChI=1S/C12H19N3O3/c1-9-8-17-7-6-15(9)12(16)5-3-4-11-13-10(2)14-18-11/h9H,3-8H2,1-2H3/t9-/m1/s1. The van der Waals surface area contributed by atoms with Crippen molar-refractivity contribution in [2.45, 2.75) is 39.2 Å². The monoisotopic (exact) mass is 253 g/mol. The van der Waals surface area contributed by atoms with Crippen molar-refractivity contribution in [1.82, 2.24) is 15.0 Å². The van der Waals surface area contributed by atoms with Crippen molar-refractivity contribution in [2.24, 2.45) is 0 Å². The zero-order valence-electron chi connectivity index (χ0n) is 10.9. The van der Waals surface area contributed by atoms with Gasteiger partial charge in [0.05, 0.1) is 19.3 Å². The SMILES string of the molecule is Cc1noc(CCCC(=O)N2CCOC[C@H]2C)n1. The molecule has 1 aromatic rings. The average Bonchev–Trinajstić information content (AvgIpc) is 2.75. The summed E-state index contributed by atoms with van der Waals surface area (Å²) in [7, 11) is 0. The largest absolute Gasteiger partial charge is 0.377 e. The van der Waals surface area contributed by atoms with Crippen LogP contribution >= 0.6 is 0 Å². The van der Waals surface area contributed by atoms with Crippen LogP contribution in [0.2, 0.25) is 0 Å². The third-order valence-electron chi connectivity index (χ3n) is 3.04. The Morgan fingerprint density at radius 1 is 1.56 bits per heavy atom. The van der Waals surface area contributed by atoms with Crippen molar-refractivity contribution in [1.29, 1.82) is 0 Å². The predicted molar refractivity (Wildman–Crippen MR) is 64.0 cm³/mol. The maximum atomic E-state index is 12.0. The summed E-state index contributed by atoms with van der Waals surface area (Å²) in [4.78, 5) is 18.0. The summed E-state index contributed by atoms with van der Waals surface area (Å²) in [6, 6.07) is 0.178. The Morgan fingerprint density at radius 3 is 3.06 bits per heavy atom. The van der Waals surface area contributed by atoms with Crippen LogP contribution in [0.3, 0.4) is 0 Å². The van der Waals surface area contributed by atoms with E-state index >= 15 is 0 Å². The third-order valence-corrected chi connectivity index (χ3v) is 3.04. The molecule has 6 heteroatoms. The normalized spacial score (nSPS) is 20.1. The lowest BCUT2D eigenvalue weighted by molar-refractivity contribution is -0.139. The fourth-order valence-electron chi connectivity index (χ4n) is 2.07. The van der Waals surface area contributed by atoms with Crippen molar-refractivity contribution in [2.75, 3.05) is 19.8 Å². The van der Waals surface area contributed by atoms with Gasteiger partial charge in [0.2, 0.25) is 11.8 Å². The number of ether oxygens (including phenoxy) is 1. The van der Waals surface area contributed by atoms with Crippen molar-refractivity contribution < 1.29 is 14.1 Å². The third kappa shape index (κ3) is 3.29. The quantitative estimate of drug-likeness (QED) is 0.799. The first kappa shape index (κ1) is 13.0. The number of hydrogen-bond acceptors (Lipinski definition) is 5. The highest BCUT2D eigenvalue weighted by molar-refractivity contribution is 5.76. The van der Waals surface area contributed by atoms with E-state index in [4.69, 9.17) is 9.26 Å².